The van der Waals surface area contributed by atoms with Crippen molar-refractivity contribution in [2.45, 2.75) is 52.6 Å². The minimum Gasteiger partial charge on any atom is -0.347 e. The number of hydrazine groups is 2. The molecule has 0 aliphatic carbocycles. The molecule has 0 bridgehead atoms. The standard InChI is InChI=1S/C17H20ClN3O2.C17H21N3O2/c1-17(2,3)21(16(23)12-7-9-13(18)10-8-12)19-15(22)14-6-5-11-20(14)4;1-17(2,3)20(16(22)13-9-6-5-7-10-13)18-15(21)14-11-8-12-19(14)4/h5-11H,1-4H3,(H,19,22);5-12H,1-4H3,(H,18,21). The van der Waals surface area contributed by atoms with Crippen molar-refractivity contribution >= 4 is 35.2 Å². The molecule has 0 radical (unpaired) electrons. The van der Waals surface area contributed by atoms with E-state index in [1.165, 1.54) is 10.0 Å². The molecule has 2 heterocycles. The first-order valence-electron chi connectivity index (χ1n) is 14.3. The molecular formula is C34H41ClN6O4. The molecule has 0 spiro atoms. The number of aromatic nitrogens is 2. The average Bonchev–Trinajstić information content (AvgIpc) is 3.61. The van der Waals surface area contributed by atoms with Gasteiger partial charge in [0.2, 0.25) is 0 Å². The highest BCUT2D eigenvalue weighted by atomic mass is 35.5. The fourth-order valence-corrected chi connectivity index (χ4v) is 4.32. The van der Waals surface area contributed by atoms with E-state index in [4.69, 9.17) is 11.6 Å². The number of halogens is 1. The van der Waals surface area contributed by atoms with Crippen LogP contribution in [0.2, 0.25) is 5.02 Å². The largest absolute Gasteiger partial charge is 0.347 e. The van der Waals surface area contributed by atoms with Crippen LogP contribution < -0.4 is 10.9 Å². The van der Waals surface area contributed by atoms with E-state index < -0.39 is 11.1 Å². The summed E-state index contributed by atoms with van der Waals surface area (Å²) >= 11 is 5.86. The first kappa shape index (κ1) is 34.7. The molecule has 0 atom stereocenters. The fourth-order valence-electron chi connectivity index (χ4n) is 4.19. The number of hydrogen-bond donors (Lipinski definition) is 2. The highest BCUT2D eigenvalue weighted by molar-refractivity contribution is 6.30. The van der Waals surface area contributed by atoms with E-state index in [0.29, 0.717) is 27.5 Å². The molecule has 0 unspecified atom stereocenters. The lowest BCUT2D eigenvalue weighted by molar-refractivity contribution is 0.0354. The Hall–Kier alpha value is -4.83. The van der Waals surface area contributed by atoms with Gasteiger partial charge in [-0.25, -0.2) is 10.0 Å². The zero-order valence-electron chi connectivity index (χ0n) is 27.0. The topological polar surface area (TPSA) is 109 Å². The van der Waals surface area contributed by atoms with Gasteiger partial charge in [0.15, 0.2) is 0 Å². The van der Waals surface area contributed by atoms with Gasteiger partial charge in [0.05, 0.1) is 11.1 Å². The maximum Gasteiger partial charge on any atom is 0.286 e. The van der Waals surface area contributed by atoms with Crippen molar-refractivity contribution in [2.24, 2.45) is 14.1 Å². The van der Waals surface area contributed by atoms with E-state index in [9.17, 15) is 19.2 Å². The Morgan fingerprint density at radius 1 is 0.578 bits per heavy atom. The lowest BCUT2D eigenvalue weighted by Gasteiger charge is -2.35. The van der Waals surface area contributed by atoms with Crippen LogP contribution >= 0.6 is 11.6 Å². The normalized spacial score (nSPS) is 11.1. The highest BCUT2D eigenvalue weighted by Crippen LogP contribution is 2.18. The predicted octanol–water partition coefficient (Wildman–Crippen LogP) is 5.88. The van der Waals surface area contributed by atoms with Gasteiger partial charge in [-0.15, -0.1) is 0 Å². The van der Waals surface area contributed by atoms with E-state index in [1.807, 2.05) is 47.6 Å². The maximum atomic E-state index is 12.8. The fraction of sp³-hybridized carbons (Fsp3) is 0.294. The second-order valence-electron chi connectivity index (χ2n) is 12.4. The van der Waals surface area contributed by atoms with Gasteiger partial charge >= 0.3 is 0 Å². The van der Waals surface area contributed by atoms with Crippen molar-refractivity contribution in [3.05, 3.63) is 119 Å². The van der Waals surface area contributed by atoms with Crippen LogP contribution in [0.4, 0.5) is 0 Å². The molecule has 238 valence electrons. The minimum absolute atomic E-state index is 0.240. The van der Waals surface area contributed by atoms with Gasteiger partial charge in [-0.05, 0) is 102 Å². The Morgan fingerprint density at radius 2 is 0.956 bits per heavy atom. The van der Waals surface area contributed by atoms with Gasteiger partial charge in [0.1, 0.15) is 11.4 Å². The zero-order chi connectivity index (χ0) is 33.5. The molecule has 2 aromatic heterocycles. The Kier molecular flexibility index (Phi) is 11.0. The maximum absolute atomic E-state index is 12.8. The number of amides is 4. The van der Waals surface area contributed by atoms with Gasteiger partial charge in [0, 0.05) is 42.6 Å². The van der Waals surface area contributed by atoms with Crippen LogP contribution in [0.25, 0.3) is 0 Å². The molecule has 0 aliphatic rings. The van der Waals surface area contributed by atoms with E-state index >= 15 is 0 Å². The third-order valence-electron chi connectivity index (χ3n) is 6.64. The van der Waals surface area contributed by atoms with Crippen LogP contribution in [0.5, 0.6) is 0 Å². The van der Waals surface area contributed by atoms with Crippen molar-refractivity contribution in [2.75, 3.05) is 0 Å². The Morgan fingerprint density at radius 3 is 1.29 bits per heavy atom. The molecule has 0 saturated carbocycles. The summed E-state index contributed by atoms with van der Waals surface area (Å²) < 4.78 is 3.41. The Balaban J connectivity index is 0.000000246. The van der Waals surface area contributed by atoms with Crippen LogP contribution in [0.15, 0.2) is 91.3 Å². The summed E-state index contributed by atoms with van der Waals surface area (Å²) in [5.74, 6) is -1.19. The number of carbonyl (C=O) groups is 4. The van der Waals surface area contributed by atoms with Crippen LogP contribution in [-0.4, -0.2) is 53.9 Å². The molecule has 4 amide bonds. The third-order valence-corrected chi connectivity index (χ3v) is 6.89. The molecule has 4 aromatic rings. The molecule has 2 aromatic carbocycles. The molecule has 11 heteroatoms. The molecule has 4 rings (SSSR count). The van der Waals surface area contributed by atoms with Crippen molar-refractivity contribution in [3.63, 3.8) is 0 Å². The molecule has 45 heavy (non-hydrogen) atoms. The first-order valence-corrected chi connectivity index (χ1v) is 14.7. The summed E-state index contributed by atoms with van der Waals surface area (Å²) in [5, 5.41) is 3.26. The quantitative estimate of drug-likeness (QED) is 0.274. The summed E-state index contributed by atoms with van der Waals surface area (Å²) in [5.41, 5.74) is 6.25. The predicted molar refractivity (Wildman–Crippen MR) is 175 cm³/mol. The first-order chi connectivity index (χ1) is 21.0. The molecule has 2 N–H and O–H groups in total. The number of carbonyl (C=O) groups excluding carboxylic acids is 4. The van der Waals surface area contributed by atoms with E-state index in [2.05, 4.69) is 10.9 Å². The average molecular weight is 633 g/mol. The summed E-state index contributed by atoms with van der Waals surface area (Å²) in [4.78, 5) is 50.3. The smallest absolute Gasteiger partial charge is 0.286 e. The van der Waals surface area contributed by atoms with Gasteiger partial charge in [-0.1, -0.05) is 29.8 Å². The van der Waals surface area contributed by atoms with E-state index in [-0.39, 0.29) is 23.6 Å². The summed E-state index contributed by atoms with van der Waals surface area (Å²) in [6.07, 6.45) is 3.56. The van der Waals surface area contributed by atoms with Crippen molar-refractivity contribution < 1.29 is 19.2 Å². The number of rotatable bonds is 4. The molecular weight excluding hydrogens is 592 g/mol. The summed E-state index contributed by atoms with van der Waals surface area (Å²) in [6, 6.07) is 22.4. The van der Waals surface area contributed by atoms with Crippen LogP contribution in [0.1, 0.15) is 83.2 Å². The highest BCUT2D eigenvalue weighted by Gasteiger charge is 2.31. The molecule has 0 fully saturated rings. The third kappa shape index (κ3) is 9.09. The van der Waals surface area contributed by atoms with E-state index in [0.717, 1.165) is 0 Å². The van der Waals surface area contributed by atoms with Gasteiger partial charge in [0.25, 0.3) is 23.6 Å². The lowest BCUT2D eigenvalue weighted by atomic mass is 10.1. The van der Waals surface area contributed by atoms with E-state index in [1.54, 1.807) is 108 Å². The molecule has 10 nitrogen and oxygen atoms in total. The number of benzene rings is 2. The second kappa shape index (κ2) is 14.3. The van der Waals surface area contributed by atoms with Crippen molar-refractivity contribution in [1.29, 1.82) is 0 Å². The zero-order valence-corrected chi connectivity index (χ0v) is 27.7. The lowest BCUT2D eigenvalue weighted by Crippen LogP contribution is -2.56. The van der Waals surface area contributed by atoms with Gasteiger partial charge < -0.3 is 9.13 Å². The number of hydrogen-bond acceptors (Lipinski definition) is 4. The van der Waals surface area contributed by atoms with Gasteiger partial charge in [-0.3, -0.25) is 30.0 Å². The SMILES string of the molecule is Cn1cccc1C(=O)NN(C(=O)c1ccc(Cl)cc1)C(C)(C)C.Cn1cccc1C(=O)NN(C(=O)c1ccccc1)C(C)(C)C. The molecule has 0 aliphatic heterocycles. The second-order valence-corrected chi connectivity index (χ2v) is 12.8. The van der Waals surface area contributed by atoms with Crippen molar-refractivity contribution in [3.8, 4) is 0 Å². The number of nitrogens with zero attached hydrogens (tertiary/aromatic N) is 4. The minimum atomic E-state index is -0.586. The van der Waals surface area contributed by atoms with Crippen LogP contribution in [-0.2, 0) is 14.1 Å². The Bertz CT molecular complexity index is 1630. The summed E-state index contributed by atoms with van der Waals surface area (Å²) in [6.45, 7) is 11.2. The van der Waals surface area contributed by atoms with Crippen molar-refractivity contribution in [1.82, 2.24) is 30.0 Å². The van der Waals surface area contributed by atoms with Crippen LogP contribution in [0, 0.1) is 0 Å². The molecule has 0 saturated heterocycles. The summed E-state index contributed by atoms with van der Waals surface area (Å²) in [7, 11) is 3.56. The monoisotopic (exact) mass is 632 g/mol. The van der Waals surface area contributed by atoms with Gasteiger partial charge in [-0.2, -0.15) is 0 Å². The van der Waals surface area contributed by atoms with Crippen LogP contribution in [0.3, 0.4) is 0 Å². The number of nitrogens with one attached hydrogen (secondary N) is 2. The number of aryl methyl sites for hydroxylation is 2. The Labute approximate surface area is 269 Å².